The van der Waals surface area contributed by atoms with Crippen LogP contribution < -0.4 is 0 Å². The van der Waals surface area contributed by atoms with Crippen LogP contribution in [0.2, 0.25) is 0 Å². The summed E-state index contributed by atoms with van der Waals surface area (Å²) < 4.78 is 0. The normalized spacial score (nSPS) is 9.33. The van der Waals surface area contributed by atoms with Gasteiger partial charge in [-0.2, -0.15) is 0 Å². The fraction of sp³-hybridized carbons (Fsp3) is 0. The zero-order chi connectivity index (χ0) is 13.1. The second-order valence-electron chi connectivity index (χ2n) is 3.52. The molecule has 0 radical (unpaired) electrons. The molecule has 0 bridgehead atoms. The first kappa shape index (κ1) is 13.7. The Labute approximate surface area is 108 Å². The molecule has 1 nitrogen and oxygen atoms in total. The number of aldehydes is 1. The Morgan fingerprint density at radius 2 is 1.28 bits per heavy atom. The predicted molar refractivity (Wildman–Crippen MR) is 78.1 cm³/mol. The van der Waals surface area contributed by atoms with Crippen LogP contribution in [0.25, 0.3) is 12.2 Å². The van der Waals surface area contributed by atoms with Gasteiger partial charge in [0.2, 0.25) is 0 Å². The van der Waals surface area contributed by atoms with E-state index in [1.807, 2.05) is 66.7 Å². The third-order valence-corrected chi connectivity index (χ3v) is 2.20. The van der Waals surface area contributed by atoms with E-state index in [0.29, 0.717) is 0 Å². The average molecular weight is 236 g/mol. The molecule has 2 rings (SSSR count). The number of benzene rings is 2. The summed E-state index contributed by atoms with van der Waals surface area (Å²) >= 11 is 0. The molecule has 2 aromatic rings. The second kappa shape index (κ2) is 8.71. The van der Waals surface area contributed by atoms with Crippen molar-refractivity contribution in [2.45, 2.75) is 0 Å². The van der Waals surface area contributed by atoms with Gasteiger partial charge in [-0.05, 0) is 17.2 Å². The molecule has 0 amide bonds. The monoisotopic (exact) mass is 236 g/mol. The Kier molecular flexibility index (Phi) is 6.61. The predicted octanol–water partition coefficient (Wildman–Crippen LogP) is 4.23. The summed E-state index contributed by atoms with van der Waals surface area (Å²) in [6.45, 7) is 3.63. The maximum Gasteiger partial charge on any atom is 0.142 e. The molecule has 2 aromatic carbocycles. The van der Waals surface area contributed by atoms with E-state index < -0.39 is 0 Å². The summed E-state index contributed by atoms with van der Waals surface area (Å²) in [6, 6.07) is 19.7. The van der Waals surface area contributed by atoms with E-state index in [1.54, 1.807) is 6.08 Å². The van der Waals surface area contributed by atoms with Crippen molar-refractivity contribution in [2.24, 2.45) is 0 Å². The third-order valence-electron chi connectivity index (χ3n) is 2.20. The minimum absolute atomic E-state index is 0.771. The minimum atomic E-state index is 0.771. The zero-order valence-electron chi connectivity index (χ0n) is 10.2. The lowest BCUT2D eigenvalue weighted by Gasteiger charge is -1.86. The molecule has 0 saturated carbocycles. The van der Waals surface area contributed by atoms with Crippen molar-refractivity contribution in [3.05, 3.63) is 84.4 Å². The summed E-state index contributed by atoms with van der Waals surface area (Å²) in [5.41, 5.74) is 2.22. The van der Waals surface area contributed by atoms with Crippen LogP contribution in [0.4, 0.5) is 0 Å². The highest BCUT2D eigenvalue weighted by Gasteiger charge is 1.79. The summed E-state index contributed by atoms with van der Waals surface area (Å²) in [5, 5.41) is 0. The number of rotatable bonds is 3. The highest BCUT2D eigenvalue weighted by molar-refractivity contribution is 5.73. The number of allylic oxidation sites excluding steroid dienone is 1. The van der Waals surface area contributed by atoms with Gasteiger partial charge in [0, 0.05) is 0 Å². The Bertz CT molecular complexity index is 484. The molecule has 0 fully saturated rings. The van der Waals surface area contributed by atoms with Crippen LogP contribution >= 0.6 is 0 Å². The quantitative estimate of drug-likeness (QED) is 0.575. The van der Waals surface area contributed by atoms with Crippen LogP contribution in [0, 0.1) is 0 Å². The van der Waals surface area contributed by atoms with Crippen molar-refractivity contribution in [1.29, 1.82) is 0 Å². The molecule has 0 heterocycles. The molecule has 0 spiro atoms. The minimum Gasteiger partial charge on any atom is -0.299 e. The second-order valence-corrected chi connectivity index (χ2v) is 3.52. The van der Waals surface area contributed by atoms with Crippen LogP contribution in [0.5, 0.6) is 0 Å². The standard InChI is InChI=1S/C9H8O.C8H8/c10-8-4-7-9-5-2-1-3-6-9;1-2-8-6-4-3-5-7-8/h1-8H;2-7H,1H2. The molecule has 0 aliphatic rings. The van der Waals surface area contributed by atoms with Gasteiger partial charge in [-0.25, -0.2) is 0 Å². The van der Waals surface area contributed by atoms with Gasteiger partial charge in [-0.15, -0.1) is 0 Å². The van der Waals surface area contributed by atoms with Gasteiger partial charge in [-0.3, -0.25) is 4.79 Å². The number of carbonyl (C=O) groups excluding carboxylic acids is 1. The summed E-state index contributed by atoms with van der Waals surface area (Å²) in [6.07, 6.45) is 5.86. The lowest BCUT2D eigenvalue weighted by Crippen LogP contribution is -1.67. The Balaban J connectivity index is 0.000000184. The van der Waals surface area contributed by atoms with Crippen molar-refractivity contribution in [3.63, 3.8) is 0 Å². The third kappa shape index (κ3) is 5.61. The van der Waals surface area contributed by atoms with Gasteiger partial charge in [0.15, 0.2) is 0 Å². The molecule has 0 atom stereocenters. The van der Waals surface area contributed by atoms with E-state index in [9.17, 15) is 4.79 Å². The number of hydrogen-bond donors (Lipinski definition) is 0. The molecular formula is C17H16O. The fourth-order valence-corrected chi connectivity index (χ4v) is 1.30. The van der Waals surface area contributed by atoms with Crippen molar-refractivity contribution in [1.82, 2.24) is 0 Å². The highest BCUT2D eigenvalue weighted by atomic mass is 16.1. The molecule has 18 heavy (non-hydrogen) atoms. The smallest absolute Gasteiger partial charge is 0.142 e. The first-order valence-corrected chi connectivity index (χ1v) is 5.71. The van der Waals surface area contributed by atoms with Gasteiger partial charge >= 0.3 is 0 Å². The van der Waals surface area contributed by atoms with Crippen molar-refractivity contribution >= 4 is 18.4 Å². The lowest BCUT2D eigenvalue weighted by atomic mass is 10.2. The molecule has 0 saturated heterocycles. The highest BCUT2D eigenvalue weighted by Crippen LogP contribution is 1.99. The van der Waals surface area contributed by atoms with E-state index >= 15 is 0 Å². The first-order chi connectivity index (χ1) is 8.86. The van der Waals surface area contributed by atoms with Crippen LogP contribution in [0.1, 0.15) is 11.1 Å². The SMILES string of the molecule is C=Cc1ccccc1.O=CC=Cc1ccccc1. The van der Waals surface area contributed by atoms with E-state index in [0.717, 1.165) is 11.8 Å². The van der Waals surface area contributed by atoms with Crippen LogP contribution in [-0.2, 0) is 4.79 Å². The van der Waals surface area contributed by atoms with E-state index in [4.69, 9.17) is 0 Å². The first-order valence-electron chi connectivity index (χ1n) is 5.71. The van der Waals surface area contributed by atoms with Crippen molar-refractivity contribution in [2.75, 3.05) is 0 Å². The van der Waals surface area contributed by atoms with Gasteiger partial charge in [0.25, 0.3) is 0 Å². The summed E-state index contributed by atoms with van der Waals surface area (Å²) in [4.78, 5) is 9.89. The molecule has 0 unspecified atom stereocenters. The van der Waals surface area contributed by atoms with Gasteiger partial charge in [0.1, 0.15) is 6.29 Å². The van der Waals surface area contributed by atoms with Crippen LogP contribution in [-0.4, -0.2) is 6.29 Å². The molecule has 90 valence electrons. The Hall–Kier alpha value is -2.41. The summed E-state index contributed by atoms with van der Waals surface area (Å²) in [7, 11) is 0. The Morgan fingerprint density at radius 3 is 1.67 bits per heavy atom. The van der Waals surface area contributed by atoms with Crippen LogP contribution in [0.15, 0.2) is 73.3 Å². The van der Waals surface area contributed by atoms with E-state index in [2.05, 4.69) is 6.58 Å². The molecule has 1 heteroatoms. The summed E-state index contributed by atoms with van der Waals surface area (Å²) in [5.74, 6) is 0. The van der Waals surface area contributed by atoms with Crippen molar-refractivity contribution < 1.29 is 4.79 Å². The zero-order valence-corrected chi connectivity index (χ0v) is 10.2. The lowest BCUT2D eigenvalue weighted by molar-refractivity contribution is -0.104. The van der Waals surface area contributed by atoms with Gasteiger partial charge in [0.05, 0.1) is 0 Å². The molecule has 0 aliphatic carbocycles. The average Bonchev–Trinajstić information content (AvgIpc) is 2.48. The topological polar surface area (TPSA) is 17.1 Å². The number of hydrogen-bond acceptors (Lipinski definition) is 1. The maximum atomic E-state index is 9.89. The molecular weight excluding hydrogens is 220 g/mol. The van der Waals surface area contributed by atoms with Gasteiger partial charge < -0.3 is 0 Å². The fourth-order valence-electron chi connectivity index (χ4n) is 1.30. The van der Waals surface area contributed by atoms with Crippen LogP contribution in [0.3, 0.4) is 0 Å². The molecule has 0 aliphatic heterocycles. The largest absolute Gasteiger partial charge is 0.299 e. The molecule has 0 aromatic heterocycles. The maximum absolute atomic E-state index is 9.89. The van der Waals surface area contributed by atoms with E-state index in [-0.39, 0.29) is 0 Å². The Morgan fingerprint density at radius 1 is 0.778 bits per heavy atom. The van der Waals surface area contributed by atoms with E-state index in [1.165, 1.54) is 11.6 Å². The van der Waals surface area contributed by atoms with Crippen molar-refractivity contribution in [3.8, 4) is 0 Å². The molecule has 0 N–H and O–H groups in total. The number of carbonyl (C=O) groups is 1. The van der Waals surface area contributed by atoms with Gasteiger partial charge in [-0.1, -0.05) is 79.4 Å².